The summed E-state index contributed by atoms with van der Waals surface area (Å²) in [7, 11) is 0. The average molecular weight is 388 g/mol. The van der Waals surface area contributed by atoms with Gasteiger partial charge in [0, 0.05) is 12.0 Å². The van der Waals surface area contributed by atoms with Crippen molar-refractivity contribution in [2.24, 2.45) is 0 Å². The maximum absolute atomic E-state index is 12.3. The number of hydrogen-bond donors (Lipinski definition) is 2. The van der Waals surface area contributed by atoms with Gasteiger partial charge in [0.15, 0.2) is 5.13 Å². The molecule has 0 atom stereocenters. The van der Waals surface area contributed by atoms with Crippen LogP contribution in [0.3, 0.4) is 0 Å². The van der Waals surface area contributed by atoms with Crippen molar-refractivity contribution in [3.05, 3.63) is 77.9 Å². The summed E-state index contributed by atoms with van der Waals surface area (Å²) in [5, 5.41) is 12.7. The Hall–Kier alpha value is -3.38. The predicted octanol–water partition coefficient (Wildman–Crippen LogP) is 5.36. The van der Waals surface area contributed by atoms with Gasteiger partial charge in [0.05, 0.1) is 10.2 Å². The highest BCUT2D eigenvalue weighted by Gasteiger charge is 2.29. The van der Waals surface area contributed by atoms with Gasteiger partial charge in [-0.05, 0) is 34.4 Å². The van der Waals surface area contributed by atoms with E-state index in [-0.39, 0.29) is 18.3 Å². The van der Waals surface area contributed by atoms with E-state index in [1.165, 1.54) is 33.6 Å². The molecule has 5 nitrogen and oxygen atoms in total. The molecule has 1 amide bonds. The normalized spacial score (nSPS) is 12.6. The topological polar surface area (TPSA) is 71.5 Å². The standard InChI is InChI=1S/C22H16N2O3S/c25-13-9-10-20-19(11-13)23-21(28-20)24-22(26)27-12-18-16-7-3-1-5-14(16)15-6-2-4-8-17(15)18/h1-11,18,25H,12H2,(H,23,24,26). The van der Waals surface area contributed by atoms with Gasteiger partial charge in [0.1, 0.15) is 12.4 Å². The van der Waals surface area contributed by atoms with Crippen molar-refractivity contribution in [1.82, 2.24) is 4.98 Å². The zero-order valence-electron chi connectivity index (χ0n) is 14.8. The zero-order chi connectivity index (χ0) is 19.1. The number of aromatic nitrogens is 1. The lowest BCUT2D eigenvalue weighted by atomic mass is 9.98. The fourth-order valence-corrected chi connectivity index (χ4v) is 4.52. The van der Waals surface area contributed by atoms with Crippen molar-refractivity contribution >= 4 is 32.8 Å². The lowest BCUT2D eigenvalue weighted by Crippen LogP contribution is -2.17. The average Bonchev–Trinajstić information content (AvgIpc) is 3.24. The number of nitrogens with zero attached hydrogens (tertiary/aromatic N) is 1. The molecule has 1 aliphatic carbocycles. The monoisotopic (exact) mass is 388 g/mol. The number of thiazole rings is 1. The van der Waals surface area contributed by atoms with Crippen molar-refractivity contribution < 1.29 is 14.6 Å². The molecule has 0 aliphatic heterocycles. The number of nitrogens with one attached hydrogen (secondary N) is 1. The first kappa shape index (κ1) is 16.8. The first-order chi connectivity index (χ1) is 13.7. The van der Waals surface area contributed by atoms with E-state index >= 15 is 0 Å². The number of fused-ring (bicyclic) bond motifs is 4. The predicted molar refractivity (Wildman–Crippen MR) is 110 cm³/mol. The molecule has 0 unspecified atom stereocenters. The van der Waals surface area contributed by atoms with Crippen molar-refractivity contribution in [3.63, 3.8) is 0 Å². The van der Waals surface area contributed by atoms with Gasteiger partial charge in [-0.1, -0.05) is 59.9 Å². The number of phenols is 1. The summed E-state index contributed by atoms with van der Waals surface area (Å²) in [4.78, 5) is 16.6. The molecule has 0 spiro atoms. The van der Waals surface area contributed by atoms with Crippen LogP contribution in [0.2, 0.25) is 0 Å². The summed E-state index contributed by atoms with van der Waals surface area (Å²) >= 11 is 1.34. The Bertz CT molecular complexity index is 1160. The Morgan fingerprint density at radius 1 is 1.04 bits per heavy atom. The van der Waals surface area contributed by atoms with Crippen LogP contribution in [-0.2, 0) is 4.74 Å². The number of carbonyl (C=O) groups is 1. The minimum atomic E-state index is -0.537. The molecule has 6 heteroatoms. The van der Waals surface area contributed by atoms with Gasteiger partial charge >= 0.3 is 6.09 Å². The highest BCUT2D eigenvalue weighted by atomic mass is 32.1. The lowest BCUT2D eigenvalue weighted by molar-refractivity contribution is 0.158. The third-order valence-electron chi connectivity index (χ3n) is 4.92. The van der Waals surface area contributed by atoms with E-state index in [2.05, 4.69) is 34.6 Å². The van der Waals surface area contributed by atoms with Crippen molar-refractivity contribution in [2.75, 3.05) is 11.9 Å². The molecular formula is C22H16N2O3S. The van der Waals surface area contributed by atoms with E-state index in [9.17, 15) is 9.90 Å². The van der Waals surface area contributed by atoms with Gasteiger partial charge in [-0.15, -0.1) is 0 Å². The van der Waals surface area contributed by atoms with Crippen LogP contribution in [0, 0.1) is 0 Å². The molecule has 0 bridgehead atoms. The maximum atomic E-state index is 12.3. The third kappa shape index (κ3) is 2.88. The Kier molecular flexibility index (Phi) is 3.98. The molecule has 138 valence electrons. The van der Waals surface area contributed by atoms with Crippen LogP contribution in [0.4, 0.5) is 9.93 Å². The van der Waals surface area contributed by atoms with Gasteiger partial charge in [0.25, 0.3) is 0 Å². The summed E-state index contributed by atoms with van der Waals surface area (Å²) in [6.45, 7) is 0.255. The smallest absolute Gasteiger partial charge is 0.413 e. The molecule has 2 N–H and O–H groups in total. The quantitative estimate of drug-likeness (QED) is 0.495. The SMILES string of the molecule is O=C(Nc1nc2cc(O)ccc2s1)OCC1c2ccccc2-c2ccccc21. The molecule has 1 heterocycles. The minimum Gasteiger partial charge on any atom is -0.508 e. The summed E-state index contributed by atoms with van der Waals surface area (Å²) in [6.07, 6.45) is -0.537. The fourth-order valence-electron chi connectivity index (χ4n) is 3.69. The number of benzene rings is 3. The second-order valence-electron chi connectivity index (χ2n) is 6.62. The van der Waals surface area contributed by atoms with Gasteiger partial charge in [0.2, 0.25) is 0 Å². The Morgan fingerprint density at radius 3 is 2.43 bits per heavy atom. The molecule has 1 aliphatic rings. The molecular weight excluding hydrogens is 372 g/mol. The summed E-state index contributed by atoms with van der Waals surface area (Å²) in [5.41, 5.74) is 5.37. The van der Waals surface area contributed by atoms with Crippen molar-refractivity contribution in [3.8, 4) is 16.9 Å². The van der Waals surface area contributed by atoms with E-state index < -0.39 is 6.09 Å². The molecule has 4 aromatic rings. The van der Waals surface area contributed by atoms with Gasteiger partial charge in [-0.2, -0.15) is 0 Å². The Labute approximate surface area is 165 Å². The van der Waals surface area contributed by atoms with E-state index in [1.54, 1.807) is 18.2 Å². The van der Waals surface area contributed by atoms with Gasteiger partial charge in [-0.25, -0.2) is 9.78 Å². The number of anilines is 1. The number of hydrogen-bond acceptors (Lipinski definition) is 5. The second kappa shape index (κ2) is 6.65. The second-order valence-corrected chi connectivity index (χ2v) is 7.65. The molecule has 1 aromatic heterocycles. The van der Waals surface area contributed by atoms with Crippen LogP contribution in [0.5, 0.6) is 5.75 Å². The number of ether oxygens (including phenoxy) is 1. The molecule has 0 fully saturated rings. The zero-order valence-corrected chi connectivity index (χ0v) is 15.6. The van der Waals surface area contributed by atoms with Gasteiger partial charge < -0.3 is 9.84 Å². The fraction of sp³-hybridized carbons (Fsp3) is 0.0909. The molecule has 5 rings (SSSR count). The molecule has 3 aromatic carbocycles. The Balaban J connectivity index is 1.32. The van der Waals surface area contributed by atoms with Gasteiger partial charge in [-0.3, -0.25) is 5.32 Å². The molecule has 0 saturated carbocycles. The maximum Gasteiger partial charge on any atom is 0.413 e. The van der Waals surface area contributed by atoms with E-state index in [4.69, 9.17) is 4.74 Å². The van der Waals surface area contributed by atoms with E-state index in [0.717, 1.165) is 4.70 Å². The van der Waals surface area contributed by atoms with Crippen LogP contribution in [0.1, 0.15) is 17.0 Å². The molecule has 28 heavy (non-hydrogen) atoms. The summed E-state index contributed by atoms with van der Waals surface area (Å²) in [6, 6.07) is 21.4. The van der Waals surface area contributed by atoms with Crippen LogP contribution >= 0.6 is 11.3 Å². The number of aromatic hydroxyl groups is 1. The number of phenolic OH excluding ortho intramolecular Hbond substituents is 1. The van der Waals surface area contributed by atoms with Crippen LogP contribution < -0.4 is 5.32 Å². The number of rotatable bonds is 3. The Morgan fingerprint density at radius 2 is 1.71 bits per heavy atom. The van der Waals surface area contributed by atoms with Crippen LogP contribution in [0.15, 0.2) is 66.7 Å². The van der Waals surface area contributed by atoms with Crippen LogP contribution in [-0.4, -0.2) is 22.8 Å². The van der Waals surface area contributed by atoms with Crippen molar-refractivity contribution in [2.45, 2.75) is 5.92 Å². The first-order valence-corrected chi connectivity index (χ1v) is 9.72. The largest absolute Gasteiger partial charge is 0.508 e. The lowest BCUT2D eigenvalue weighted by Gasteiger charge is -2.14. The summed E-state index contributed by atoms with van der Waals surface area (Å²) in [5.74, 6) is 0.163. The summed E-state index contributed by atoms with van der Waals surface area (Å²) < 4.78 is 6.41. The number of carbonyl (C=O) groups excluding carboxylic acids is 1. The first-order valence-electron chi connectivity index (χ1n) is 8.90. The van der Waals surface area contributed by atoms with Crippen molar-refractivity contribution in [1.29, 1.82) is 0 Å². The van der Waals surface area contributed by atoms with E-state index in [1.807, 2.05) is 24.3 Å². The molecule has 0 saturated heterocycles. The highest BCUT2D eigenvalue weighted by Crippen LogP contribution is 2.44. The van der Waals surface area contributed by atoms with Crippen LogP contribution in [0.25, 0.3) is 21.3 Å². The minimum absolute atomic E-state index is 0.0189. The highest BCUT2D eigenvalue weighted by molar-refractivity contribution is 7.22. The number of amides is 1. The third-order valence-corrected chi connectivity index (χ3v) is 5.88. The van der Waals surface area contributed by atoms with E-state index in [0.29, 0.717) is 10.6 Å². The molecule has 0 radical (unpaired) electrons.